The maximum absolute atomic E-state index is 13.2. The molecule has 1 aromatic rings. The van der Waals surface area contributed by atoms with Crippen LogP contribution < -0.4 is 15.5 Å². The number of nitrogens with two attached hydrogens (primary N) is 1. The lowest BCUT2D eigenvalue weighted by molar-refractivity contribution is -0.141. The predicted octanol–water partition coefficient (Wildman–Crippen LogP) is 1.26. The Labute approximate surface area is 132 Å². The first-order valence-electron chi connectivity index (χ1n) is 7.75. The summed E-state index contributed by atoms with van der Waals surface area (Å²) in [4.78, 5) is 11.7. The minimum absolute atomic E-state index is 0.156. The van der Waals surface area contributed by atoms with Gasteiger partial charge in [-0.25, -0.2) is 4.98 Å². The van der Waals surface area contributed by atoms with Gasteiger partial charge in [-0.15, -0.1) is 0 Å². The molecule has 0 bridgehead atoms. The highest BCUT2D eigenvalue weighted by atomic mass is 19.4. The van der Waals surface area contributed by atoms with E-state index in [1.54, 1.807) is 9.80 Å². The number of halogens is 3. The van der Waals surface area contributed by atoms with Crippen molar-refractivity contribution in [1.82, 2.24) is 9.97 Å². The van der Waals surface area contributed by atoms with Crippen LogP contribution in [0.15, 0.2) is 6.07 Å². The van der Waals surface area contributed by atoms with Crippen LogP contribution in [-0.2, 0) is 10.9 Å². The lowest BCUT2D eigenvalue weighted by atomic mass is 10.2. The standard InChI is InChI=1S/C14H20F3N5O/c15-14(16,17)11-7-12(22-5-6-23-10(8-18)9-22)20-13(19-11)21-3-1-2-4-21/h7,10H,1-6,8-9,18H2/t10-/m0/s1. The van der Waals surface area contributed by atoms with Gasteiger partial charge in [-0.1, -0.05) is 0 Å². The van der Waals surface area contributed by atoms with Crippen LogP contribution in [0.25, 0.3) is 0 Å². The van der Waals surface area contributed by atoms with Crippen molar-refractivity contribution in [3.63, 3.8) is 0 Å². The van der Waals surface area contributed by atoms with Crippen molar-refractivity contribution in [2.45, 2.75) is 25.1 Å². The van der Waals surface area contributed by atoms with E-state index in [9.17, 15) is 13.2 Å². The number of hydrogen-bond acceptors (Lipinski definition) is 6. The van der Waals surface area contributed by atoms with Gasteiger partial charge in [0, 0.05) is 38.8 Å². The SMILES string of the molecule is NC[C@H]1CN(c2cc(C(F)(F)F)nc(N3CCCC3)n2)CCO1. The second kappa shape index (κ2) is 6.48. The first kappa shape index (κ1) is 16.3. The molecule has 0 aromatic carbocycles. The third kappa shape index (κ3) is 3.66. The molecule has 23 heavy (non-hydrogen) atoms. The monoisotopic (exact) mass is 331 g/mol. The van der Waals surface area contributed by atoms with Crippen LogP contribution in [0.1, 0.15) is 18.5 Å². The first-order chi connectivity index (χ1) is 11.0. The van der Waals surface area contributed by atoms with Gasteiger partial charge in [-0.05, 0) is 12.8 Å². The van der Waals surface area contributed by atoms with Crippen LogP contribution in [0.2, 0.25) is 0 Å². The molecule has 1 aromatic heterocycles. The minimum Gasteiger partial charge on any atom is -0.373 e. The van der Waals surface area contributed by atoms with E-state index in [2.05, 4.69) is 9.97 Å². The molecule has 0 unspecified atom stereocenters. The molecule has 3 rings (SSSR count). The van der Waals surface area contributed by atoms with Gasteiger partial charge in [0.15, 0.2) is 5.69 Å². The number of rotatable bonds is 3. The second-order valence-corrected chi connectivity index (χ2v) is 5.78. The number of ether oxygens (including phenoxy) is 1. The average Bonchev–Trinajstić information content (AvgIpc) is 3.08. The maximum atomic E-state index is 13.2. The fraction of sp³-hybridized carbons (Fsp3) is 0.714. The van der Waals surface area contributed by atoms with Gasteiger partial charge in [-0.2, -0.15) is 18.2 Å². The van der Waals surface area contributed by atoms with Gasteiger partial charge in [0.2, 0.25) is 5.95 Å². The summed E-state index contributed by atoms with van der Waals surface area (Å²) in [6.07, 6.45) is -2.79. The summed E-state index contributed by atoms with van der Waals surface area (Å²) < 4.78 is 45.0. The normalized spacial score (nSPS) is 22.7. The zero-order valence-corrected chi connectivity index (χ0v) is 12.7. The minimum atomic E-state index is -4.49. The number of aromatic nitrogens is 2. The molecule has 0 aliphatic carbocycles. The van der Waals surface area contributed by atoms with Crippen molar-refractivity contribution >= 4 is 11.8 Å². The summed E-state index contributed by atoms with van der Waals surface area (Å²) in [6, 6.07) is 1.01. The van der Waals surface area contributed by atoms with Crippen molar-refractivity contribution in [2.24, 2.45) is 5.73 Å². The Morgan fingerprint density at radius 1 is 1.17 bits per heavy atom. The predicted molar refractivity (Wildman–Crippen MR) is 79.5 cm³/mol. The Morgan fingerprint density at radius 3 is 2.57 bits per heavy atom. The smallest absolute Gasteiger partial charge is 0.373 e. The number of hydrogen-bond donors (Lipinski definition) is 1. The number of alkyl halides is 3. The Balaban J connectivity index is 1.93. The summed E-state index contributed by atoms with van der Waals surface area (Å²) in [6.45, 7) is 3.05. The van der Waals surface area contributed by atoms with Gasteiger partial charge >= 0.3 is 6.18 Å². The van der Waals surface area contributed by atoms with Crippen LogP contribution in [0.5, 0.6) is 0 Å². The molecule has 0 radical (unpaired) electrons. The molecule has 2 N–H and O–H groups in total. The van der Waals surface area contributed by atoms with E-state index in [1.165, 1.54) is 0 Å². The molecule has 2 aliphatic heterocycles. The first-order valence-corrected chi connectivity index (χ1v) is 7.75. The number of nitrogens with zero attached hydrogens (tertiary/aromatic N) is 4. The molecular formula is C14H20F3N5O. The maximum Gasteiger partial charge on any atom is 0.433 e. The van der Waals surface area contributed by atoms with E-state index in [0.29, 0.717) is 39.3 Å². The Morgan fingerprint density at radius 2 is 1.91 bits per heavy atom. The largest absolute Gasteiger partial charge is 0.433 e. The molecule has 6 nitrogen and oxygen atoms in total. The van der Waals surface area contributed by atoms with Crippen molar-refractivity contribution in [1.29, 1.82) is 0 Å². The summed E-state index contributed by atoms with van der Waals surface area (Å²) in [5.74, 6) is 0.444. The van der Waals surface area contributed by atoms with Crippen molar-refractivity contribution < 1.29 is 17.9 Å². The summed E-state index contributed by atoms with van der Waals surface area (Å²) in [7, 11) is 0. The molecule has 128 valence electrons. The molecule has 1 atom stereocenters. The Hall–Kier alpha value is -1.61. The second-order valence-electron chi connectivity index (χ2n) is 5.78. The molecule has 0 amide bonds. The third-order valence-electron chi connectivity index (χ3n) is 4.11. The fourth-order valence-corrected chi connectivity index (χ4v) is 2.86. The van der Waals surface area contributed by atoms with Crippen LogP contribution in [-0.4, -0.2) is 55.4 Å². The molecule has 2 aliphatic rings. The molecular weight excluding hydrogens is 311 g/mol. The summed E-state index contributed by atoms with van der Waals surface area (Å²) in [5.41, 5.74) is 4.70. The average molecular weight is 331 g/mol. The lowest BCUT2D eigenvalue weighted by Crippen LogP contribution is -2.46. The highest BCUT2D eigenvalue weighted by molar-refractivity contribution is 5.47. The van der Waals surface area contributed by atoms with Crippen LogP contribution in [0.3, 0.4) is 0 Å². The van der Waals surface area contributed by atoms with Gasteiger partial charge in [0.1, 0.15) is 5.82 Å². The molecule has 0 spiro atoms. The van der Waals surface area contributed by atoms with Crippen molar-refractivity contribution in [3.8, 4) is 0 Å². The van der Waals surface area contributed by atoms with Gasteiger partial charge < -0.3 is 20.3 Å². The van der Waals surface area contributed by atoms with Crippen LogP contribution in [0.4, 0.5) is 24.9 Å². The van der Waals surface area contributed by atoms with E-state index < -0.39 is 11.9 Å². The van der Waals surface area contributed by atoms with E-state index in [1.807, 2.05) is 0 Å². The Kier molecular flexibility index (Phi) is 4.58. The van der Waals surface area contributed by atoms with Crippen molar-refractivity contribution in [3.05, 3.63) is 11.8 Å². The summed E-state index contributed by atoms with van der Waals surface area (Å²) in [5, 5.41) is 0. The zero-order valence-electron chi connectivity index (χ0n) is 12.7. The molecule has 0 saturated carbocycles. The fourth-order valence-electron chi connectivity index (χ4n) is 2.86. The topological polar surface area (TPSA) is 67.5 Å². The highest BCUT2D eigenvalue weighted by Gasteiger charge is 2.35. The van der Waals surface area contributed by atoms with E-state index >= 15 is 0 Å². The third-order valence-corrected chi connectivity index (χ3v) is 4.11. The van der Waals surface area contributed by atoms with E-state index in [4.69, 9.17) is 10.5 Å². The van der Waals surface area contributed by atoms with Gasteiger partial charge in [0.05, 0.1) is 12.7 Å². The highest BCUT2D eigenvalue weighted by Crippen LogP contribution is 2.32. The molecule has 2 saturated heterocycles. The molecule has 3 heterocycles. The van der Waals surface area contributed by atoms with Gasteiger partial charge in [-0.3, -0.25) is 0 Å². The van der Waals surface area contributed by atoms with E-state index in [0.717, 1.165) is 18.9 Å². The Bertz CT molecular complexity index is 548. The van der Waals surface area contributed by atoms with Crippen LogP contribution in [0, 0.1) is 0 Å². The van der Waals surface area contributed by atoms with Gasteiger partial charge in [0.25, 0.3) is 0 Å². The molecule has 2 fully saturated rings. The lowest BCUT2D eigenvalue weighted by Gasteiger charge is -2.33. The number of morpholine rings is 1. The van der Waals surface area contributed by atoms with Crippen LogP contribution >= 0.6 is 0 Å². The van der Waals surface area contributed by atoms with E-state index in [-0.39, 0.29) is 17.9 Å². The molecule has 9 heteroatoms. The van der Waals surface area contributed by atoms with Crippen molar-refractivity contribution in [2.75, 3.05) is 49.1 Å². The quantitative estimate of drug-likeness (QED) is 0.899. The summed E-state index contributed by atoms with van der Waals surface area (Å²) >= 11 is 0. The number of anilines is 2. The zero-order chi connectivity index (χ0) is 16.4.